The van der Waals surface area contributed by atoms with E-state index >= 15 is 0 Å². The molecule has 2 amide bonds. The van der Waals surface area contributed by atoms with Crippen molar-refractivity contribution in [3.63, 3.8) is 0 Å². The summed E-state index contributed by atoms with van der Waals surface area (Å²) in [5.74, 6) is -0.631. The molecule has 0 saturated heterocycles. The van der Waals surface area contributed by atoms with Crippen LogP contribution in [0.1, 0.15) is 54.0 Å². The van der Waals surface area contributed by atoms with Crippen LogP contribution in [0.2, 0.25) is 0 Å². The Morgan fingerprint density at radius 2 is 1.73 bits per heavy atom. The molecule has 1 N–H and O–H groups in total. The van der Waals surface area contributed by atoms with E-state index in [1.165, 1.54) is 4.90 Å². The molecule has 2 aromatic carbocycles. The fraction of sp³-hybridized carbons (Fsp3) is 0.304. The first-order valence-corrected chi connectivity index (χ1v) is 10.6. The molecule has 1 atom stereocenters. The first-order valence-electron chi connectivity index (χ1n) is 9.72. The molecular formula is C23H26N4O2S. The summed E-state index contributed by atoms with van der Waals surface area (Å²) in [6.45, 7) is 9.74. The number of aromatic nitrogens is 2. The SMILES string of the molecule is Cc1ccc(N(C(=O)c2csnn2)[C@H](C(=O)NC(C)(C)C)c2ccccc2)cc1C. The molecule has 3 rings (SSSR count). The minimum absolute atomic E-state index is 0.211. The Morgan fingerprint density at radius 1 is 1.03 bits per heavy atom. The lowest BCUT2D eigenvalue weighted by atomic mass is 9.99. The molecule has 0 fully saturated rings. The molecule has 7 heteroatoms. The Morgan fingerprint density at radius 3 is 2.30 bits per heavy atom. The van der Waals surface area contributed by atoms with E-state index in [2.05, 4.69) is 14.9 Å². The lowest BCUT2D eigenvalue weighted by molar-refractivity contribution is -0.123. The van der Waals surface area contributed by atoms with Crippen LogP contribution in [0, 0.1) is 13.8 Å². The Kier molecular flexibility index (Phi) is 6.31. The molecule has 0 aliphatic carbocycles. The summed E-state index contributed by atoms with van der Waals surface area (Å²) < 4.78 is 3.83. The molecule has 0 aliphatic heterocycles. The number of carbonyl (C=O) groups excluding carboxylic acids is 2. The number of amides is 2. The molecule has 3 aromatic rings. The molecule has 0 radical (unpaired) electrons. The maximum absolute atomic E-state index is 13.5. The molecular weight excluding hydrogens is 396 g/mol. The van der Waals surface area contributed by atoms with Crippen LogP contribution in [0.25, 0.3) is 0 Å². The van der Waals surface area contributed by atoms with Crippen LogP contribution in [0.15, 0.2) is 53.9 Å². The van der Waals surface area contributed by atoms with Crippen LogP contribution < -0.4 is 10.2 Å². The Bertz CT molecular complexity index is 1030. The van der Waals surface area contributed by atoms with Crippen LogP contribution in [-0.2, 0) is 4.79 Å². The average molecular weight is 423 g/mol. The van der Waals surface area contributed by atoms with Crippen molar-refractivity contribution in [1.82, 2.24) is 14.9 Å². The van der Waals surface area contributed by atoms with Crippen molar-refractivity contribution in [3.05, 3.63) is 76.3 Å². The Hall–Kier alpha value is -3.06. The highest BCUT2D eigenvalue weighted by molar-refractivity contribution is 7.03. The molecule has 0 aliphatic rings. The fourth-order valence-electron chi connectivity index (χ4n) is 3.13. The number of carbonyl (C=O) groups is 2. The van der Waals surface area contributed by atoms with Crippen molar-refractivity contribution in [2.24, 2.45) is 0 Å². The number of benzene rings is 2. The summed E-state index contributed by atoms with van der Waals surface area (Å²) in [6, 6.07) is 14.2. The number of aryl methyl sites for hydroxylation is 2. The van der Waals surface area contributed by atoms with E-state index in [1.807, 2.05) is 83.1 Å². The van der Waals surface area contributed by atoms with Gasteiger partial charge >= 0.3 is 0 Å². The van der Waals surface area contributed by atoms with Crippen molar-refractivity contribution in [3.8, 4) is 0 Å². The number of nitrogens with one attached hydrogen (secondary N) is 1. The number of anilines is 1. The third kappa shape index (κ3) is 4.91. The van der Waals surface area contributed by atoms with Gasteiger partial charge in [-0.15, -0.1) is 5.10 Å². The summed E-state index contributed by atoms with van der Waals surface area (Å²) in [5.41, 5.74) is 3.25. The molecule has 0 saturated carbocycles. The zero-order valence-electron chi connectivity index (χ0n) is 17.8. The predicted octanol–water partition coefficient (Wildman–Crippen LogP) is 4.46. The smallest absolute Gasteiger partial charge is 0.280 e. The Balaban J connectivity index is 2.18. The van der Waals surface area contributed by atoms with Gasteiger partial charge in [0.25, 0.3) is 5.91 Å². The van der Waals surface area contributed by atoms with Crippen molar-refractivity contribution >= 4 is 29.0 Å². The van der Waals surface area contributed by atoms with Crippen molar-refractivity contribution < 1.29 is 9.59 Å². The highest BCUT2D eigenvalue weighted by atomic mass is 32.1. The van der Waals surface area contributed by atoms with Gasteiger partial charge < -0.3 is 5.32 Å². The molecule has 156 valence electrons. The van der Waals surface area contributed by atoms with E-state index in [4.69, 9.17) is 0 Å². The first kappa shape index (κ1) is 21.6. The summed E-state index contributed by atoms with van der Waals surface area (Å²) in [4.78, 5) is 28.5. The third-order valence-electron chi connectivity index (χ3n) is 4.69. The quantitative estimate of drug-likeness (QED) is 0.659. The zero-order chi connectivity index (χ0) is 21.9. The topological polar surface area (TPSA) is 75.2 Å². The molecule has 0 bridgehead atoms. The lowest BCUT2D eigenvalue weighted by Gasteiger charge is -2.33. The van der Waals surface area contributed by atoms with Gasteiger partial charge in [0, 0.05) is 16.6 Å². The van der Waals surface area contributed by atoms with Crippen molar-refractivity contribution in [2.45, 2.75) is 46.2 Å². The van der Waals surface area contributed by atoms with Gasteiger partial charge in [-0.3, -0.25) is 14.5 Å². The van der Waals surface area contributed by atoms with Gasteiger partial charge in [0.15, 0.2) is 5.69 Å². The predicted molar refractivity (Wildman–Crippen MR) is 120 cm³/mol. The van der Waals surface area contributed by atoms with Crippen LogP contribution in [0.4, 0.5) is 5.69 Å². The van der Waals surface area contributed by atoms with Gasteiger partial charge in [0.05, 0.1) is 0 Å². The maximum Gasteiger partial charge on any atom is 0.280 e. The maximum atomic E-state index is 13.5. The monoisotopic (exact) mass is 422 g/mol. The van der Waals surface area contributed by atoms with E-state index < -0.39 is 11.6 Å². The lowest BCUT2D eigenvalue weighted by Crippen LogP contribution is -2.49. The molecule has 1 aromatic heterocycles. The van der Waals surface area contributed by atoms with Crippen LogP contribution in [0.3, 0.4) is 0 Å². The van der Waals surface area contributed by atoms with Crippen LogP contribution >= 0.6 is 11.5 Å². The first-order chi connectivity index (χ1) is 14.2. The largest absolute Gasteiger partial charge is 0.349 e. The normalized spacial score (nSPS) is 12.3. The highest BCUT2D eigenvalue weighted by Crippen LogP contribution is 2.31. The molecule has 1 heterocycles. The molecule has 30 heavy (non-hydrogen) atoms. The molecule has 0 spiro atoms. The second-order valence-electron chi connectivity index (χ2n) is 8.29. The van der Waals surface area contributed by atoms with E-state index in [-0.39, 0.29) is 17.5 Å². The van der Waals surface area contributed by atoms with Crippen molar-refractivity contribution in [2.75, 3.05) is 4.90 Å². The van der Waals surface area contributed by atoms with Gasteiger partial charge in [-0.05, 0) is 75.0 Å². The van der Waals surface area contributed by atoms with Gasteiger partial charge in [-0.2, -0.15) is 0 Å². The highest BCUT2D eigenvalue weighted by Gasteiger charge is 2.35. The number of hydrogen-bond donors (Lipinski definition) is 1. The van der Waals surface area contributed by atoms with E-state index in [1.54, 1.807) is 5.38 Å². The zero-order valence-corrected chi connectivity index (χ0v) is 18.7. The summed E-state index contributed by atoms with van der Waals surface area (Å²) in [7, 11) is 0. The van der Waals surface area contributed by atoms with E-state index in [0.29, 0.717) is 11.3 Å². The number of hydrogen-bond acceptors (Lipinski definition) is 5. The summed E-state index contributed by atoms with van der Waals surface area (Å²) >= 11 is 1.10. The molecule has 0 unspecified atom stereocenters. The fourth-order valence-corrected chi connectivity index (χ4v) is 3.56. The van der Waals surface area contributed by atoms with Gasteiger partial charge in [-0.25, -0.2) is 0 Å². The second-order valence-corrected chi connectivity index (χ2v) is 8.90. The minimum atomic E-state index is -0.860. The Labute approximate surface area is 181 Å². The summed E-state index contributed by atoms with van der Waals surface area (Å²) in [5, 5.41) is 8.58. The number of nitrogens with zero attached hydrogens (tertiary/aromatic N) is 3. The standard InChI is InChI=1S/C23H26N4O2S/c1-15-11-12-18(13-16(15)2)27(22(29)19-14-30-26-25-19)20(17-9-7-6-8-10-17)21(28)24-23(3,4)5/h6-14,20H,1-5H3,(H,24,28)/t20-/m0/s1. The van der Waals surface area contributed by atoms with Gasteiger partial charge in [0.2, 0.25) is 5.91 Å². The second kappa shape index (κ2) is 8.75. The summed E-state index contributed by atoms with van der Waals surface area (Å²) in [6.07, 6.45) is 0. The third-order valence-corrected chi connectivity index (χ3v) is 5.19. The minimum Gasteiger partial charge on any atom is -0.349 e. The van der Waals surface area contributed by atoms with Crippen LogP contribution in [-0.4, -0.2) is 26.9 Å². The van der Waals surface area contributed by atoms with E-state index in [9.17, 15) is 9.59 Å². The average Bonchev–Trinajstić information content (AvgIpc) is 3.22. The van der Waals surface area contributed by atoms with E-state index in [0.717, 1.165) is 22.7 Å². The van der Waals surface area contributed by atoms with Gasteiger partial charge in [-0.1, -0.05) is 40.9 Å². The molecule has 6 nitrogen and oxygen atoms in total. The van der Waals surface area contributed by atoms with Crippen molar-refractivity contribution in [1.29, 1.82) is 0 Å². The number of rotatable bonds is 5. The van der Waals surface area contributed by atoms with Crippen LogP contribution in [0.5, 0.6) is 0 Å². The van der Waals surface area contributed by atoms with Gasteiger partial charge in [0.1, 0.15) is 6.04 Å².